The Hall–Kier alpha value is -2.31. The van der Waals surface area contributed by atoms with E-state index in [2.05, 4.69) is 12.7 Å². The van der Waals surface area contributed by atoms with E-state index >= 15 is 0 Å². The molecule has 0 spiro atoms. The van der Waals surface area contributed by atoms with Crippen molar-refractivity contribution >= 4 is 17.3 Å². The number of hydrogen-bond donors (Lipinski definition) is 1. The SMILES string of the molecule is CCC[O+]=C1C=CC=C2C1=C=c1ccccc1=C2O. The molecule has 0 fully saturated rings. The van der Waals surface area contributed by atoms with Crippen molar-refractivity contribution in [2.45, 2.75) is 13.3 Å². The highest BCUT2D eigenvalue weighted by molar-refractivity contribution is 6.13. The van der Waals surface area contributed by atoms with E-state index in [0.29, 0.717) is 12.4 Å². The highest BCUT2D eigenvalue weighted by Crippen LogP contribution is 2.23. The number of rotatable bonds is 2. The van der Waals surface area contributed by atoms with E-state index < -0.39 is 0 Å². The van der Waals surface area contributed by atoms with Crippen molar-refractivity contribution < 1.29 is 9.53 Å². The average Bonchev–Trinajstić information content (AvgIpc) is 2.46. The van der Waals surface area contributed by atoms with Gasteiger partial charge in [0.2, 0.25) is 0 Å². The van der Waals surface area contributed by atoms with Gasteiger partial charge in [-0.15, -0.1) is 0 Å². The third-order valence-electron chi connectivity index (χ3n) is 3.18. The first kappa shape index (κ1) is 11.8. The fourth-order valence-corrected chi connectivity index (χ4v) is 2.27. The average molecular weight is 251 g/mol. The quantitative estimate of drug-likeness (QED) is 0.797. The van der Waals surface area contributed by atoms with Gasteiger partial charge in [-0.1, -0.05) is 36.9 Å². The summed E-state index contributed by atoms with van der Waals surface area (Å²) in [4.78, 5) is 0. The smallest absolute Gasteiger partial charge is 0.359 e. The first-order valence-electron chi connectivity index (χ1n) is 6.49. The van der Waals surface area contributed by atoms with E-state index in [-0.39, 0.29) is 0 Å². The maximum absolute atomic E-state index is 10.4. The standard InChI is InChI=1S/C17H14O2/c1-2-10-19-16-9-5-8-14-15(16)11-12-6-3-4-7-13(12)17(14)18/h3-9H,2,10H2,1H3/p+1. The summed E-state index contributed by atoms with van der Waals surface area (Å²) in [5, 5.41) is 12.1. The maximum Gasteiger partial charge on any atom is 0.359 e. The summed E-state index contributed by atoms with van der Waals surface area (Å²) >= 11 is 0. The van der Waals surface area contributed by atoms with E-state index in [0.717, 1.165) is 33.8 Å². The number of allylic oxidation sites excluding steroid dienone is 3. The molecule has 0 unspecified atom stereocenters. The number of hydrogen-bond acceptors (Lipinski definition) is 1. The minimum Gasteiger partial charge on any atom is -0.507 e. The van der Waals surface area contributed by atoms with Crippen molar-refractivity contribution in [1.29, 1.82) is 0 Å². The van der Waals surface area contributed by atoms with Crippen LogP contribution in [0.5, 0.6) is 0 Å². The van der Waals surface area contributed by atoms with Crippen LogP contribution in [0.1, 0.15) is 13.3 Å². The number of benzene rings is 1. The Morgan fingerprint density at radius 2 is 2.11 bits per heavy atom. The lowest BCUT2D eigenvalue weighted by atomic mass is 9.92. The molecule has 0 bridgehead atoms. The summed E-state index contributed by atoms with van der Waals surface area (Å²) in [6, 6.07) is 7.71. The van der Waals surface area contributed by atoms with Crippen molar-refractivity contribution in [3.8, 4) is 0 Å². The molecular formula is C17H15O2+. The van der Waals surface area contributed by atoms with Gasteiger partial charge < -0.3 is 5.11 Å². The lowest BCUT2D eigenvalue weighted by Gasteiger charge is -2.11. The second-order valence-electron chi connectivity index (χ2n) is 4.55. The Labute approximate surface area is 111 Å². The fraction of sp³-hybridized carbons (Fsp3) is 0.176. The summed E-state index contributed by atoms with van der Waals surface area (Å²) in [6.07, 6.45) is 6.67. The summed E-state index contributed by atoms with van der Waals surface area (Å²) in [6.45, 7) is 2.74. The Morgan fingerprint density at radius 3 is 2.95 bits per heavy atom. The highest BCUT2D eigenvalue weighted by Gasteiger charge is 2.26. The molecule has 2 nitrogen and oxygen atoms in total. The van der Waals surface area contributed by atoms with Crippen molar-refractivity contribution in [3.05, 3.63) is 64.1 Å². The van der Waals surface area contributed by atoms with Crippen molar-refractivity contribution in [3.63, 3.8) is 0 Å². The maximum atomic E-state index is 10.4. The topological polar surface area (TPSA) is 31.5 Å². The summed E-state index contributed by atoms with van der Waals surface area (Å²) < 4.78 is 5.73. The van der Waals surface area contributed by atoms with Crippen LogP contribution in [0.4, 0.5) is 0 Å². The number of aliphatic hydroxyl groups is 1. The number of fused-ring (bicyclic) bond motifs is 2. The summed E-state index contributed by atoms with van der Waals surface area (Å²) in [7, 11) is 0. The fourth-order valence-electron chi connectivity index (χ4n) is 2.27. The molecule has 1 N–H and O–H groups in total. The summed E-state index contributed by atoms with van der Waals surface area (Å²) in [5.74, 6) is 1.08. The van der Waals surface area contributed by atoms with Gasteiger partial charge in [0.15, 0.2) is 0 Å². The molecule has 0 aliphatic heterocycles. The molecule has 3 rings (SSSR count). The molecule has 0 aromatic heterocycles. The Morgan fingerprint density at radius 1 is 1.26 bits per heavy atom. The van der Waals surface area contributed by atoms with Crippen LogP contribution in [0.3, 0.4) is 0 Å². The van der Waals surface area contributed by atoms with Gasteiger partial charge in [-0.3, -0.25) is 4.42 Å². The molecule has 19 heavy (non-hydrogen) atoms. The van der Waals surface area contributed by atoms with Gasteiger partial charge in [-0.2, -0.15) is 0 Å². The van der Waals surface area contributed by atoms with Crippen LogP contribution in [-0.4, -0.2) is 17.5 Å². The van der Waals surface area contributed by atoms with E-state index in [4.69, 9.17) is 4.42 Å². The zero-order valence-corrected chi connectivity index (χ0v) is 10.8. The second-order valence-corrected chi connectivity index (χ2v) is 4.55. The van der Waals surface area contributed by atoms with E-state index in [1.165, 1.54) is 0 Å². The van der Waals surface area contributed by atoms with Gasteiger partial charge in [0.1, 0.15) is 11.3 Å². The van der Waals surface area contributed by atoms with Crippen molar-refractivity contribution in [2.75, 3.05) is 6.61 Å². The minimum absolute atomic E-state index is 0.297. The highest BCUT2D eigenvalue weighted by atomic mass is 16.4. The van der Waals surface area contributed by atoms with Gasteiger partial charge in [0, 0.05) is 28.5 Å². The van der Waals surface area contributed by atoms with Crippen LogP contribution in [0.25, 0.3) is 11.5 Å². The largest absolute Gasteiger partial charge is 0.507 e. The molecule has 0 amide bonds. The third-order valence-corrected chi connectivity index (χ3v) is 3.18. The molecule has 0 saturated carbocycles. The van der Waals surface area contributed by atoms with Crippen LogP contribution in [0.15, 0.2) is 53.6 Å². The van der Waals surface area contributed by atoms with Gasteiger partial charge in [0.25, 0.3) is 6.61 Å². The zero-order valence-electron chi connectivity index (χ0n) is 10.8. The molecule has 0 heterocycles. The van der Waals surface area contributed by atoms with Gasteiger partial charge in [-0.25, -0.2) is 0 Å². The van der Waals surface area contributed by atoms with Gasteiger partial charge >= 0.3 is 5.78 Å². The molecule has 0 saturated heterocycles. The van der Waals surface area contributed by atoms with Crippen molar-refractivity contribution in [1.82, 2.24) is 0 Å². The second kappa shape index (κ2) is 4.75. The van der Waals surface area contributed by atoms with Crippen LogP contribution < -0.4 is 10.4 Å². The molecule has 1 aromatic carbocycles. The van der Waals surface area contributed by atoms with Crippen molar-refractivity contribution in [2.24, 2.45) is 0 Å². The molecule has 1 aromatic rings. The predicted molar refractivity (Wildman–Crippen MR) is 76.0 cm³/mol. The lowest BCUT2D eigenvalue weighted by Crippen LogP contribution is -2.30. The summed E-state index contributed by atoms with van der Waals surface area (Å²) in [5.41, 5.74) is 4.97. The van der Waals surface area contributed by atoms with Crippen LogP contribution in [0.2, 0.25) is 0 Å². The monoisotopic (exact) mass is 251 g/mol. The molecule has 2 aliphatic carbocycles. The molecule has 2 heteroatoms. The number of aliphatic hydroxyl groups excluding tert-OH is 1. The first-order valence-corrected chi connectivity index (χ1v) is 6.49. The molecule has 0 atom stereocenters. The Balaban J connectivity index is 2.31. The zero-order chi connectivity index (χ0) is 13.2. The van der Waals surface area contributed by atoms with Crippen LogP contribution >= 0.6 is 0 Å². The predicted octanol–water partition coefficient (Wildman–Crippen LogP) is 1.68. The third kappa shape index (κ3) is 1.96. The van der Waals surface area contributed by atoms with E-state index in [9.17, 15) is 5.11 Å². The number of carbonyl (C=O) groups excluding carboxylic acids is 1. The normalized spacial score (nSPS) is 18.4. The molecular weight excluding hydrogens is 236 g/mol. The Bertz CT molecular complexity index is 770. The minimum atomic E-state index is 0.297. The number of ketones is 1. The first-order chi connectivity index (χ1) is 9.31. The lowest BCUT2D eigenvalue weighted by molar-refractivity contribution is -0.455. The van der Waals surface area contributed by atoms with Gasteiger partial charge in [-0.05, 0) is 12.1 Å². The molecule has 94 valence electrons. The van der Waals surface area contributed by atoms with E-state index in [1.807, 2.05) is 42.5 Å². The van der Waals surface area contributed by atoms with Crippen LogP contribution in [0, 0.1) is 0 Å². The van der Waals surface area contributed by atoms with Crippen LogP contribution in [-0.2, 0) is 4.42 Å². The molecule has 2 aliphatic rings. The van der Waals surface area contributed by atoms with Gasteiger partial charge in [0.05, 0.1) is 0 Å². The molecule has 0 radical (unpaired) electrons. The van der Waals surface area contributed by atoms with E-state index in [1.54, 1.807) is 0 Å². The Kier molecular flexibility index (Phi) is 2.94.